The normalized spacial score (nSPS) is 19.5. The first-order valence-corrected chi connectivity index (χ1v) is 12.6. The number of aromatic nitrogens is 2. The maximum Gasteiger partial charge on any atom is 0.417 e. The van der Waals surface area contributed by atoms with E-state index in [9.17, 15) is 22.8 Å². The smallest absolute Gasteiger partial charge is 0.370 e. The Bertz CT molecular complexity index is 1480. The highest BCUT2D eigenvalue weighted by atomic mass is 19.4. The Hall–Kier alpha value is -3.93. The van der Waals surface area contributed by atoms with E-state index in [2.05, 4.69) is 25.5 Å². The number of carbonyl (C=O) groups is 1. The summed E-state index contributed by atoms with van der Waals surface area (Å²) in [5.41, 5.74) is -1.02. The van der Waals surface area contributed by atoms with Gasteiger partial charge in [0.1, 0.15) is 11.6 Å². The number of fused-ring (bicyclic) bond motifs is 1. The molecule has 1 saturated heterocycles. The number of amides is 1. The number of carbonyl (C=O) groups excluding carboxylic acids is 1. The van der Waals surface area contributed by atoms with Gasteiger partial charge in [-0.3, -0.25) is 14.5 Å². The molecule has 0 radical (unpaired) electrons. The van der Waals surface area contributed by atoms with E-state index in [1.54, 1.807) is 0 Å². The molecular weight excluding hydrogens is 516 g/mol. The van der Waals surface area contributed by atoms with Crippen molar-refractivity contribution in [2.45, 2.75) is 38.5 Å². The van der Waals surface area contributed by atoms with Crippen LogP contribution in [0.25, 0.3) is 11.1 Å². The summed E-state index contributed by atoms with van der Waals surface area (Å²) in [4.78, 5) is 35.4. The van der Waals surface area contributed by atoms with Crippen molar-refractivity contribution in [3.05, 3.63) is 69.5 Å². The lowest BCUT2D eigenvalue weighted by Gasteiger charge is -2.44. The molecule has 3 N–H and O–H groups in total. The Morgan fingerprint density at radius 3 is 2.54 bits per heavy atom. The third-order valence-corrected chi connectivity index (χ3v) is 7.47. The molecule has 206 valence electrons. The van der Waals surface area contributed by atoms with E-state index in [0.717, 1.165) is 30.5 Å². The fourth-order valence-electron chi connectivity index (χ4n) is 5.15. The van der Waals surface area contributed by atoms with E-state index in [1.165, 1.54) is 18.3 Å². The molecule has 0 saturated carbocycles. The van der Waals surface area contributed by atoms with Crippen LogP contribution in [0.15, 0.2) is 41.5 Å². The van der Waals surface area contributed by atoms with Gasteiger partial charge in [0.25, 0.3) is 5.91 Å². The molecule has 39 heavy (non-hydrogen) atoms. The summed E-state index contributed by atoms with van der Waals surface area (Å²) in [6.45, 7) is 5.79. The third-order valence-electron chi connectivity index (χ3n) is 7.47. The molecule has 2 atom stereocenters. The molecule has 2 aliphatic heterocycles. The second kappa shape index (κ2) is 9.99. The Morgan fingerprint density at radius 2 is 1.85 bits per heavy atom. The van der Waals surface area contributed by atoms with Crippen LogP contribution in [0.1, 0.15) is 35.3 Å². The van der Waals surface area contributed by atoms with Crippen molar-refractivity contribution in [1.29, 1.82) is 0 Å². The number of H-pyrrole nitrogens is 1. The van der Waals surface area contributed by atoms with Gasteiger partial charge in [-0.2, -0.15) is 13.2 Å². The Balaban J connectivity index is 1.60. The number of piperazine rings is 1. The van der Waals surface area contributed by atoms with Crippen molar-refractivity contribution >= 4 is 23.1 Å². The van der Waals surface area contributed by atoms with E-state index in [0.29, 0.717) is 30.4 Å². The Morgan fingerprint density at radius 1 is 1.13 bits per heavy atom. The Kier molecular flexibility index (Phi) is 6.83. The predicted molar refractivity (Wildman–Crippen MR) is 141 cm³/mol. The molecule has 1 amide bonds. The molecule has 8 nitrogen and oxygen atoms in total. The van der Waals surface area contributed by atoms with Crippen molar-refractivity contribution < 1.29 is 22.4 Å². The maximum atomic E-state index is 15.6. The topological polar surface area (TPSA) is 93.4 Å². The lowest BCUT2D eigenvalue weighted by atomic mass is 10.0. The summed E-state index contributed by atoms with van der Waals surface area (Å²) in [6, 6.07) is 5.10. The van der Waals surface area contributed by atoms with Crippen LogP contribution < -0.4 is 21.1 Å². The van der Waals surface area contributed by atoms with Crippen LogP contribution in [0.2, 0.25) is 0 Å². The van der Waals surface area contributed by atoms with Crippen molar-refractivity contribution in [2.24, 2.45) is 0 Å². The minimum atomic E-state index is -4.93. The standard InChI is InChI=1S/C27H28F4N6O2/c1-14-12-37(13-15(2)36(14)3)23-9-21(28)18(17-6-16-4-5-32-25(16)34-10-17)7-22(23)35-26(39)19-11-33-24(38)8-20(19)27(29,30)31/h6-11,14-15H,4-5,12-13H2,1-3H3,(H,32,34)(H,33,38)(H,35,39). The molecule has 0 spiro atoms. The van der Waals surface area contributed by atoms with Gasteiger partial charge >= 0.3 is 6.18 Å². The van der Waals surface area contributed by atoms with E-state index in [4.69, 9.17) is 0 Å². The summed E-state index contributed by atoms with van der Waals surface area (Å²) in [5, 5.41) is 5.72. The molecular formula is C27H28F4N6O2. The second-order valence-corrected chi connectivity index (χ2v) is 10.1. The molecule has 1 aromatic carbocycles. The fourth-order valence-corrected chi connectivity index (χ4v) is 5.15. The predicted octanol–water partition coefficient (Wildman–Crippen LogP) is 4.34. The number of likely N-dealkylation sites (N-methyl/N-ethyl adjacent to an activating group) is 1. The van der Waals surface area contributed by atoms with Crippen molar-refractivity contribution in [2.75, 3.05) is 42.2 Å². The number of anilines is 3. The number of nitrogens with zero attached hydrogens (tertiary/aromatic N) is 3. The number of hydrogen-bond donors (Lipinski definition) is 3. The molecule has 0 aliphatic carbocycles. The van der Waals surface area contributed by atoms with Gasteiger partial charge in [-0.25, -0.2) is 9.37 Å². The molecule has 1 fully saturated rings. The van der Waals surface area contributed by atoms with Gasteiger partial charge in [-0.15, -0.1) is 0 Å². The van der Waals surface area contributed by atoms with Crippen LogP contribution >= 0.6 is 0 Å². The molecule has 3 aromatic rings. The number of pyridine rings is 2. The molecule has 2 aromatic heterocycles. The fraction of sp³-hybridized carbons (Fsp3) is 0.370. The highest BCUT2D eigenvalue weighted by molar-refractivity contribution is 6.07. The molecule has 0 bridgehead atoms. The highest BCUT2D eigenvalue weighted by Crippen LogP contribution is 2.38. The average molecular weight is 545 g/mol. The van der Waals surface area contributed by atoms with E-state index in [-0.39, 0.29) is 23.3 Å². The summed E-state index contributed by atoms with van der Waals surface area (Å²) in [5.74, 6) is -0.902. The number of halogens is 4. The summed E-state index contributed by atoms with van der Waals surface area (Å²) < 4.78 is 56.6. The first kappa shape index (κ1) is 26.7. The molecule has 12 heteroatoms. The third kappa shape index (κ3) is 5.20. The zero-order valence-electron chi connectivity index (χ0n) is 21.6. The molecule has 4 heterocycles. The number of aromatic amines is 1. The zero-order chi connectivity index (χ0) is 28.1. The van der Waals surface area contributed by atoms with Crippen molar-refractivity contribution in [3.8, 4) is 11.1 Å². The summed E-state index contributed by atoms with van der Waals surface area (Å²) in [7, 11) is 1.99. The van der Waals surface area contributed by atoms with Crippen molar-refractivity contribution in [3.63, 3.8) is 0 Å². The number of nitrogens with one attached hydrogen (secondary N) is 3. The minimum absolute atomic E-state index is 0.101. The van der Waals surface area contributed by atoms with Crippen LogP contribution in [0.3, 0.4) is 0 Å². The van der Waals surface area contributed by atoms with Gasteiger partial charge in [0.2, 0.25) is 5.56 Å². The van der Waals surface area contributed by atoms with Crippen LogP contribution in [0.5, 0.6) is 0 Å². The number of alkyl halides is 3. The second-order valence-electron chi connectivity index (χ2n) is 10.1. The quantitative estimate of drug-likeness (QED) is 0.423. The van der Waals surface area contributed by atoms with Gasteiger partial charge in [0.05, 0.1) is 22.5 Å². The Labute approximate surface area is 222 Å². The highest BCUT2D eigenvalue weighted by Gasteiger charge is 2.36. The number of benzene rings is 1. The van der Waals surface area contributed by atoms with Crippen LogP contribution in [0, 0.1) is 5.82 Å². The summed E-state index contributed by atoms with van der Waals surface area (Å²) in [6.07, 6.45) is -1.94. The van der Waals surface area contributed by atoms with Gasteiger partial charge in [-0.1, -0.05) is 0 Å². The monoisotopic (exact) mass is 544 g/mol. The van der Waals surface area contributed by atoms with Gasteiger partial charge in [0.15, 0.2) is 0 Å². The lowest BCUT2D eigenvalue weighted by molar-refractivity contribution is -0.138. The lowest BCUT2D eigenvalue weighted by Crippen LogP contribution is -2.55. The van der Waals surface area contributed by atoms with E-state index in [1.807, 2.05) is 31.9 Å². The SMILES string of the molecule is CC1CN(c2cc(F)c(-c3cnc4c(c3)CCN4)cc2NC(=O)c2c[nH]c(=O)cc2C(F)(F)F)CC(C)N1C. The first-order valence-electron chi connectivity index (χ1n) is 12.6. The van der Waals surface area contributed by atoms with Crippen molar-refractivity contribution in [1.82, 2.24) is 14.9 Å². The van der Waals surface area contributed by atoms with E-state index < -0.39 is 34.6 Å². The van der Waals surface area contributed by atoms with Crippen LogP contribution in [-0.4, -0.2) is 59.5 Å². The maximum absolute atomic E-state index is 15.6. The number of rotatable bonds is 4. The minimum Gasteiger partial charge on any atom is -0.370 e. The zero-order valence-corrected chi connectivity index (χ0v) is 21.6. The average Bonchev–Trinajstić information content (AvgIpc) is 3.35. The van der Waals surface area contributed by atoms with Gasteiger partial charge in [-0.05, 0) is 51.1 Å². The van der Waals surface area contributed by atoms with E-state index >= 15 is 4.39 Å². The van der Waals surface area contributed by atoms with Crippen LogP contribution in [-0.2, 0) is 12.6 Å². The summed E-state index contributed by atoms with van der Waals surface area (Å²) >= 11 is 0. The number of hydrogen-bond acceptors (Lipinski definition) is 6. The molecule has 2 aliphatic rings. The van der Waals surface area contributed by atoms with Gasteiger partial charge in [0, 0.05) is 61.3 Å². The molecule has 2 unspecified atom stereocenters. The van der Waals surface area contributed by atoms with Gasteiger partial charge < -0.3 is 20.5 Å². The first-order chi connectivity index (χ1) is 18.4. The molecule has 5 rings (SSSR count). The largest absolute Gasteiger partial charge is 0.417 e. The van der Waals surface area contributed by atoms with Crippen LogP contribution in [0.4, 0.5) is 34.8 Å².